The van der Waals surface area contributed by atoms with Gasteiger partial charge in [0.05, 0.1) is 0 Å². The number of allylic oxidation sites excluding steroid dienone is 2. The highest BCUT2D eigenvalue weighted by Gasteiger charge is 2.70. The van der Waals surface area contributed by atoms with Crippen molar-refractivity contribution in [2.24, 2.45) is 56.1 Å². The number of carbonyl (C=O) groups is 3. The van der Waals surface area contributed by atoms with Crippen LogP contribution in [-0.4, -0.2) is 23.8 Å². The second kappa shape index (κ2) is 8.41. The number of hydrazine groups is 1. The number of carbonyl (C=O) groups excluding carboxylic acids is 3. The van der Waals surface area contributed by atoms with E-state index in [1.165, 1.54) is 12.5 Å². The van der Waals surface area contributed by atoms with Crippen LogP contribution in [0.25, 0.3) is 0 Å². The lowest BCUT2D eigenvalue weighted by Crippen LogP contribution is -2.67. The number of nitrogens with one attached hydrogen (secondary N) is 1. The van der Waals surface area contributed by atoms with E-state index in [2.05, 4.69) is 53.0 Å². The molecule has 0 bridgehead atoms. The molecular formula is C32H50N2O4. The molecular weight excluding hydrogens is 476 g/mol. The number of hydrogen-bond donors (Lipinski definition) is 2. The van der Waals surface area contributed by atoms with Crippen LogP contribution in [0.15, 0.2) is 11.6 Å². The lowest BCUT2D eigenvalue weighted by Gasteiger charge is -2.70. The van der Waals surface area contributed by atoms with E-state index in [4.69, 9.17) is 10.6 Å². The van der Waals surface area contributed by atoms with E-state index in [1.807, 2.05) is 6.92 Å². The monoisotopic (exact) mass is 526 g/mol. The van der Waals surface area contributed by atoms with Crippen LogP contribution in [-0.2, 0) is 19.1 Å². The summed E-state index contributed by atoms with van der Waals surface area (Å²) in [5.41, 5.74) is 2.77. The van der Waals surface area contributed by atoms with Crippen LogP contribution >= 0.6 is 0 Å². The summed E-state index contributed by atoms with van der Waals surface area (Å²) in [5, 5.41) is 0. The van der Waals surface area contributed by atoms with Gasteiger partial charge in [-0.2, -0.15) is 0 Å². The van der Waals surface area contributed by atoms with Crippen LogP contribution in [0.1, 0.15) is 113 Å². The van der Waals surface area contributed by atoms with Gasteiger partial charge >= 0.3 is 5.97 Å². The van der Waals surface area contributed by atoms with Gasteiger partial charge in [-0.15, -0.1) is 0 Å². The molecule has 0 aliphatic heterocycles. The minimum atomic E-state index is -0.512. The van der Waals surface area contributed by atoms with Crippen molar-refractivity contribution in [1.29, 1.82) is 0 Å². The fourth-order valence-electron chi connectivity index (χ4n) is 10.9. The molecule has 5 aliphatic carbocycles. The summed E-state index contributed by atoms with van der Waals surface area (Å²) >= 11 is 0. The second-order valence-electron chi connectivity index (χ2n) is 15.7. The Hall–Kier alpha value is -1.69. The Balaban J connectivity index is 1.57. The van der Waals surface area contributed by atoms with Crippen molar-refractivity contribution < 1.29 is 19.1 Å². The van der Waals surface area contributed by atoms with E-state index in [9.17, 15) is 14.4 Å². The molecule has 9 atom stereocenters. The first-order valence-corrected chi connectivity index (χ1v) is 14.9. The van der Waals surface area contributed by atoms with Gasteiger partial charge in [0.1, 0.15) is 6.10 Å². The number of amides is 1. The number of fused-ring (bicyclic) bond motifs is 7. The smallest absolute Gasteiger partial charge is 0.302 e. The van der Waals surface area contributed by atoms with E-state index in [0.29, 0.717) is 5.92 Å². The number of hydrogen-bond acceptors (Lipinski definition) is 5. The molecule has 5 rings (SSSR count). The molecule has 5 aliphatic rings. The molecule has 0 aromatic heterocycles. The van der Waals surface area contributed by atoms with Crippen molar-refractivity contribution in [1.82, 2.24) is 5.43 Å². The SMILES string of the molecule is CC(=O)O[C@H]1CC[C@]2(C)[C@H]3C(=O)C=C4[C@@H]5C[C@@](C)(C(=O)NN)CC[C@]5(C)CC[C@@]4(C)[C@]3(C)CC[C@H]2C1(C)C. The third-order valence-electron chi connectivity index (χ3n) is 13.5. The number of ether oxygens (including phenoxy) is 1. The minimum Gasteiger partial charge on any atom is -0.462 e. The summed E-state index contributed by atoms with van der Waals surface area (Å²) in [6.07, 6.45) is 10.5. The molecule has 1 amide bonds. The largest absolute Gasteiger partial charge is 0.462 e. The van der Waals surface area contributed by atoms with E-state index in [1.54, 1.807) is 0 Å². The molecule has 4 saturated carbocycles. The van der Waals surface area contributed by atoms with E-state index in [-0.39, 0.29) is 62.7 Å². The van der Waals surface area contributed by atoms with Crippen molar-refractivity contribution in [2.45, 2.75) is 119 Å². The van der Waals surface area contributed by atoms with E-state index < -0.39 is 5.41 Å². The Morgan fingerprint density at radius 3 is 2.24 bits per heavy atom. The lowest BCUT2D eigenvalue weighted by atomic mass is 9.33. The third-order valence-corrected chi connectivity index (χ3v) is 13.5. The summed E-state index contributed by atoms with van der Waals surface area (Å²) in [5.74, 6) is 6.08. The van der Waals surface area contributed by atoms with Crippen molar-refractivity contribution in [3.05, 3.63) is 11.6 Å². The standard InChI is InChI=1S/C32H50N2O4/c1-19(35)38-24-10-11-30(6)23(27(24,2)3)9-12-32(8)25(30)22(36)17-20-21-18-29(5,26(37)34-33)14-13-28(21,4)15-16-31(20,32)7/h17,21,23-25H,9-16,18,33H2,1-8H3,(H,34,37)/t21-,23-,24-,25+,28+,29-,30-,31+,32+/m0/s1. The van der Waals surface area contributed by atoms with Crippen LogP contribution in [0.4, 0.5) is 0 Å². The fraction of sp³-hybridized carbons (Fsp3) is 0.844. The third kappa shape index (κ3) is 3.50. The first kappa shape index (κ1) is 27.9. The second-order valence-corrected chi connectivity index (χ2v) is 15.7. The van der Waals surface area contributed by atoms with Crippen LogP contribution in [0, 0.1) is 50.2 Å². The van der Waals surface area contributed by atoms with E-state index in [0.717, 1.165) is 57.8 Å². The van der Waals surface area contributed by atoms with Gasteiger partial charge < -0.3 is 4.74 Å². The molecule has 0 radical (unpaired) electrons. The van der Waals surface area contributed by atoms with Crippen molar-refractivity contribution >= 4 is 17.7 Å². The van der Waals surface area contributed by atoms with Gasteiger partial charge in [0, 0.05) is 23.7 Å². The van der Waals surface area contributed by atoms with Gasteiger partial charge in [-0.1, -0.05) is 54.0 Å². The Bertz CT molecular complexity index is 1100. The number of ketones is 1. The first-order valence-electron chi connectivity index (χ1n) is 14.9. The zero-order valence-electron chi connectivity index (χ0n) is 25.0. The van der Waals surface area contributed by atoms with Gasteiger partial charge in [-0.25, -0.2) is 5.84 Å². The number of rotatable bonds is 2. The maximum atomic E-state index is 14.4. The zero-order valence-corrected chi connectivity index (χ0v) is 25.0. The van der Waals surface area contributed by atoms with Gasteiger partial charge in [-0.3, -0.25) is 19.8 Å². The first-order chi connectivity index (χ1) is 17.5. The van der Waals surface area contributed by atoms with Crippen LogP contribution in [0.2, 0.25) is 0 Å². The minimum absolute atomic E-state index is 0.0493. The molecule has 0 aromatic carbocycles. The average molecular weight is 527 g/mol. The molecule has 0 spiro atoms. The van der Waals surface area contributed by atoms with Gasteiger partial charge in [0.2, 0.25) is 5.91 Å². The summed E-state index contributed by atoms with van der Waals surface area (Å²) in [7, 11) is 0. The van der Waals surface area contributed by atoms with Crippen molar-refractivity contribution in [3.63, 3.8) is 0 Å². The topological polar surface area (TPSA) is 98.5 Å². The predicted octanol–water partition coefficient (Wildman–Crippen LogP) is 5.89. The Morgan fingerprint density at radius 2 is 1.61 bits per heavy atom. The van der Waals surface area contributed by atoms with Gasteiger partial charge in [0.25, 0.3) is 0 Å². The highest BCUT2D eigenvalue weighted by molar-refractivity contribution is 5.95. The number of esters is 1. The quantitative estimate of drug-likeness (QED) is 0.202. The molecule has 6 heteroatoms. The highest BCUT2D eigenvalue weighted by Crippen LogP contribution is 2.75. The number of nitrogens with two attached hydrogens (primary N) is 1. The maximum Gasteiger partial charge on any atom is 0.302 e. The molecule has 0 aromatic rings. The summed E-state index contributed by atoms with van der Waals surface area (Å²) < 4.78 is 5.84. The van der Waals surface area contributed by atoms with Crippen LogP contribution < -0.4 is 11.3 Å². The maximum absolute atomic E-state index is 14.4. The molecule has 4 fully saturated rings. The average Bonchev–Trinajstić information content (AvgIpc) is 2.82. The van der Waals surface area contributed by atoms with E-state index >= 15 is 0 Å². The fourth-order valence-corrected chi connectivity index (χ4v) is 10.9. The predicted molar refractivity (Wildman–Crippen MR) is 147 cm³/mol. The van der Waals surface area contributed by atoms with Gasteiger partial charge in [0.15, 0.2) is 5.78 Å². The summed E-state index contributed by atoms with van der Waals surface area (Å²) in [4.78, 5) is 39.2. The molecule has 0 heterocycles. The highest BCUT2D eigenvalue weighted by atomic mass is 16.5. The summed E-state index contributed by atoms with van der Waals surface area (Å²) in [6, 6.07) is 0. The molecule has 6 nitrogen and oxygen atoms in total. The normalized spacial score (nSPS) is 49.4. The Labute approximate surface area is 229 Å². The lowest BCUT2D eigenvalue weighted by molar-refractivity contribution is -0.210. The molecule has 3 N–H and O–H groups in total. The molecule has 0 unspecified atom stereocenters. The molecule has 38 heavy (non-hydrogen) atoms. The summed E-state index contributed by atoms with van der Waals surface area (Å²) in [6.45, 7) is 17.6. The zero-order chi connectivity index (χ0) is 28.1. The van der Waals surface area contributed by atoms with Crippen LogP contribution in [0.5, 0.6) is 0 Å². The van der Waals surface area contributed by atoms with Crippen LogP contribution in [0.3, 0.4) is 0 Å². The Morgan fingerprint density at radius 1 is 0.947 bits per heavy atom. The van der Waals surface area contributed by atoms with Crippen molar-refractivity contribution in [2.75, 3.05) is 0 Å². The molecule has 212 valence electrons. The molecule has 0 saturated heterocycles. The van der Waals surface area contributed by atoms with Gasteiger partial charge in [-0.05, 0) is 97.4 Å². The Kier molecular flexibility index (Phi) is 6.16. The van der Waals surface area contributed by atoms with Crippen molar-refractivity contribution in [3.8, 4) is 0 Å².